The van der Waals surface area contributed by atoms with Gasteiger partial charge < -0.3 is 0 Å². The molecule has 4 rings (SSSR count). The molecule has 4 heteroatoms. The molecule has 2 aromatic rings. The Bertz CT molecular complexity index is 813. The molecule has 0 radical (unpaired) electrons. The van der Waals surface area contributed by atoms with E-state index in [0.29, 0.717) is 5.02 Å². The summed E-state index contributed by atoms with van der Waals surface area (Å²) in [4.78, 5) is 19.4. The van der Waals surface area contributed by atoms with Crippen LogP contribution in [0.15, 0.2) is 30.6 Å². The lowest BCUT2D eigenvalue weighted by molar-refractivity contribution is 0.0982. The van der Waals surface area contributed by atoms with E-state index in [1.54, 1.807) is 6.07 Å². The van der Waals surface area contributed by atoms with Crippen LogP contribution in [0.5, 0.6) is 0 Å². The van der Waals surface area contributed by atoms with Gasteiger partial charge in [-0.05, 0) is 74.4 Å². The SMILES string of the molecule is CC1(C)c2cc(Cl)ccc2C(=O)N1c1cncc2c1CCCC2. The number of fused-ring (bicyclic) bond motifs is 2. The molecule has 0 fully saturated rings. The number of aromatic nitrogens is 1. The minimum atomic E-state index is -0.425. The molecule has 0 bridgehead atoms. The first-order valence-electron chi connectivity index (χ1n) is 8.10. The Morgan fingerprint density at radius 3 is 2.78 bits per heavy atom. The van der Waals surface area contributed by atoms with Gasteiger partial charge in [-0.2, -0.15) is 0 Å². The highest BCUT2D eigenvalue weighted by molar-refractivity contribution is 6.31. The summed E-state index contributed by atoms with van der Waals surface area (Å²) < 4.78 is 0. The van der Waals surface area contributed by atoms with Crippen LogP contribution in [0, 0.1) is 0 Å². The van der Waals surface area contributed by atoms with Gasteiger partial charge in [0, 0.05) is 16.8 Å². The summed E-state index contributed by atoms with van der Waals surface area (Å²) in [7, 11) is 0. The zero-order valence-corrected chi connectivity index (χ0v) is 14.2. The number of hydrogen-bond acceptors (Lipinski definition) is 2. The molecule has 1 aliphatic carbocycles. The maximum Gasteiger partial charge on any atom is 0.259 e. The van der Waals surface area contributed by atoms with Gasteiger partial charge in [0.2, 0.25) is 0 Å². The highest BCUT2D eigenvalue weighted by atomic mass is 35.5. The molecule has 23 heavy (non-hydrogen) atoms. The third-order valence-corrected chi connectivity index (χ3v) is 5.36. The summed E-state index contributed by atoms with van der Waals surface area (Å²) in [6.45, 7) is 4.16. The standard InChI is InChI=1S/C19H19ClN2O/c1-19(2)16-9-13(20)7-8-15(16)18(23)22(19)17-11-21-10-12-5-3-4-6-14(12)17/h7-11H,3-6H2,1-2H3. The molecule has 1 aromatic heterocycles. The number of carbonyl (C=O) groups excluding carboxylic acids is 1. The first kappa shape index (κ1) is 14.7. The van der Waals surface area contributed by atoms with Crippen molar-refractivity contribution in [2.75, 3.05) is 4.90 Å². The Morgan fingerprint density at radius 2 is 1.96 bits per heavy atom. The molecule has 0 saturated carbocycles. The number of nitrogens with zero attached hydrogens (tertiary/aromatic N) is 2. The maximum atomic E-state index is 13.1. The van der Waals surface area contributed by atoms with Crippen molar-refractivity contribution in [2.45, 2.75) is 45.1 Å². The summed E-state index contributed by atoms with van der Waals surface area (Å²) >= 11 is 6.17. The molecule has 0 saturated heterocycles. The van der Waals surface area contributed by atoms with Crippen molar-refractivity contribution < 1.29 is 4.79 Å². The van der Waals surface area contributed by atoms with E-state index < -0.39 is 5.54 Å². The molecule has 118 valence electrons. The van der Waals surface area contributed by atoms with Gasteiger partial charge in [0.05, 0.1) is 17.4 Å². The molecular weight excluding hydrogens is 308 g/mol. The van der Waals surface area contributed by atoms with Crippen LogP contribution in [-0.4, -0.2) is 10.9 Å². The molecular formula is C19H19ClN2O. The van der Waals surface area contributed by atoms with E-state index in [0.717, 1.165) is 29.7 Å². The van der Waals surface area contributed by atoms with Gasteiger partial charge >= 0.3 is 0 Å². The number of aryl methyl sites for hydroxylation is 1. The lowest BCUT2D eigenvalue weighted by atomic mass is 9.90. The van der Waals surface area contributed by atoms with Gasteiger partial charge in [0.15, 0.2) is 0 Å². The Balaban J connectivity index is 1.90. The summed E-state index contributed by atoms with van der Waals surface area (Å²) in [5.74, 6) is 0.0439. The van der Waals surface area contributed by atoms with E-state index in [-0.39, 0.29) is 5.91 Å². The van der Waals surface area contributed by atoms with Crippen LogP contribution in [-0.2, 0) is 18.4 Å². The van der Waals surface area contributed by atoms with Gasteiger partial charge in [-0.15, -0.1) is 0 Å². The first-order valence-corrected chi connectivity index (χ1v) is 8.48. The van der Waals surface area contributed by atoms with Gasteiger partial charge in [0.1, 0.15) is 0 Å². The normalized spacial score (nSPS) is 18.7. The van der Waals surface area contributed by atoms with Gasteiger partial charge in [-0.25, -0.2) is 0 Å². The fourth-order valence-corrected chi connectivity index (χ4v) is 4.12. The van der Waals surface area contributed by atoms with Crippen molar-refractivity contribution in [1.29, 1.82) is 0 Å². The maximum absolute atomic E-state index is 13.1. The number of amides is 1. The minimum Gasteiger partial charge on any atom is -0.297 e. The topological polar surface area (TPSA) is 33.2 Å². The highest BCUT2D eigenvalue weighted by Gasteiger charge is 2.45. The number of halogens is 1. The van der Waals surface area contributed by atoms with Crippen LogP contribution in [0.1, 0.15) is 53.7 Å². The minimum absolute atomic E-state index is 0.0439. The molecule has 2 heterocycles. The molecule has 0 spiro atoms. The second kappa shape index (κ2) is 5.07. The average molecular weight is 327 g/mol. The van der Waals surface area contributed by atoms with Crippen LogP contribution in [0.4, 0.5) is 5.69 Å². The summed E-state index contributed by atoms with van der Waals surface area (Å²) in [5, 5.41) is 0.666. The quantitative estimate of drug-likeness (QED) is 0.772. The number of rotatable bonds is 1. The van der Waals surface area contributed by atoms with Crippen LogP contribution in [0.2, 0.25) is 5.02 Å². The zero-order chi connectivity index (χ0) is 16.2. The highest BCUT2D eigenvalue weighted by Crippen LogP contribution is 2.44. The molecule has 0 atom stereocenters. The van der Waals surface area contributed by atoms with E-state index in [2.05, 4.69) is 18.8 Å². The lowest BCUT2D eigenvalue weighted by Gasteiger charge is -2.35. The van der Waals surface area contributed by atoms with Crippen molar-refractivity contribution >= 4 is 23.2 Å². The van der Waals surface area contributed by atoms with Gasteiger partial charge in [-0.3, -0.25) is 14.7 Å². The smallest absolute Gasteiger partial charge is 0.259 e. The van der Waals surface area contributed by atoms with Crippen LogP contribution < -0.4 is 4.90 Å². The fourth-order valence-electron chi connectivity index (χ4n) is 3.95. The monoisotopic (exact) mass is 326 g/mol. The van der Waals surface area contributed by atoms with Crippen molar-refractivity contribution in [1.82, 2.24) is 4.98 Å². The lowest BCUT2D eigenvalue weighted by Crippen LogP contribution is -2.40. The second-order valence-corrected chi connectivity index (χ2v) is 7.33. The Kier molecular flexibility index (Phi) is 3.24. The summed E-state index contributed by atoms with van der Waals surface area (Å²) in [6, 6.07) is 5.54. The summed E-state index contributed by atoms with van der Waals surface area (Å²) in [6.07, 6.45) is 8.24. The largest absolute Gasteiger partial charge is 0.297 e. The van der Waals surface area contributed by atoms with E-state index in [1.807, 2.05) is 29.4 Å². The molecule has 3 nitrogen and oxygen atoms in total. The third-order valence-electron chi connectivity index (χ3n) is 5.12. The second-order valence-electron chi connectivity index (χ2n) is 6.89. The van der Waals surface area contributed by atoms with Gasteiger partial charge in [-0.1, -0.05) is 11.6 Å². The number of benzene rings is 1. The Morgan fingerprint density at radius 1 is 1.17 bits per heavy atom. The predicted octanol–water partition coefficient (Wildman–Crippen LogP) is 4.51. The summed E-state index contributed by atoms with van der Waals surface area (Å²) in [5.41, 5.74) is 4.84. The Labute approximate surface area is 141 Å². The van der Waals surface area contributed by atoms with Crippen LogP contribution in [0.25, 0.3) is 0 Å². The molecule has 1 aromatic carbocycles. The van der Waals surface area contributed by atoms with E-state index in [1.165, 1.54) is 24.0 Å². The molecule has 1 aliphatic heterocycles. The van der Waals surface area contributed by atoms with E-state index >= 15 is 0 Å². The fraction of sp³-hybridized carbons (Fsp3) is 0.368. The Hall–Kier alpha value is -1.87. The van der Waals surface area contributed by atoms with E-state index in [9.17, 15) is 4.79 Å². The number of pyridine rings is 1. The van der Waals surface area contributed by atoms with Crippen molar-refractivity contribution in [3.05, 3.63) is 57.9 Å². The van der Waals surface area contributed by atoms with Crippen molar-refractivity contribution in [2.24, 2.45) is 0 Å². The zero-order valence-electron chi connectivity index (χ0n) is 13.4. The van der Waals surface area contributed by atoms with E-state index in [4.69, 9.17) is 11.6 Å². The molecule has 0 unspecified atom stereocenters. The number of hydrogen-bond donors (Lipinski definition) is 0. The van der Waals surface area contributed by atoms with Crippen LogP contribution >= 0.6 is 11.6 Å². The number of carbonyl (C=O) groups is 1. The molecule has 2 aliphatic rings. The van der Waals surface area contributed by atoms with Crippen LogP contribution in [0.3, 0.4) is 0 Å². The first-order chi connectivity index (χ1) is 11.0. The van der Waals surface area contributed by atoms with Gasteiger partial charge in [0.25, 0.3) is 5.91 Å². The predicted molar refractivity (Wildman–Crippen MR) is 92.2 cm³/mol. The molecule has 0 N–H and O–H groups in total. The third kappa shape index (κ3) is 2.10. The van der Waals surface area contributed by atoms with Crippen molar-refractivity contribution in [3.8, 4) is 0 Å². The number of anilines is 1. The average Bonchev–Trinajstić information content (AvgIpc) is 2.73. The molecule has 1 amide bonds. The van der Waals surface area contributed by atoms with Crippen molar-refractivity contribution in [3.63, 3.8) is 0 Å².